The molecule has 1 aliphatic rings. The summed E-state index contributed by atoms with van der Waals surface area (Å²) in [6.45, 7) is 2.43. The Morgan fingerprint density at radius 1 is 1.35 bits per heavy atom. The number of H-pyrrole nitrogens is 1. The standard InChI is InChI=1S/C13H16N2O2/c1-16-10-3-2-9-6-12(15-11(9)7-10)13-8-17-5-4-14-13/h2-3,6-7,13-15H,4-5,8H2,1H3. The van der Waals surface area contributed by atoms with Gasteiger partial charge in [-0.1, -0.05) is 0 Å². The van der Waals surface area contributed by atoms with Crippen molar-refractivity contribution in [3.05, 3.63) is 30.0 Å². The molecule has 1 unspecified atom stereocenters. The fourth-order valence-electron chi connectivity index (χ4n) is 2.21. The molecule has 0 saturated carbocycles. The minimum Gasteiger partial charge on any atom is -0.497 e. The van der Waals surface area contributed by atoms with E-state index in [0.29, 0.717) is 0 Å². The van der Waals surface area contributed by atoms with Gasteiger partial charge in [0.05, 0.1) is 26.4 Å². The zero-order valence-corrected chi connectivity index (χ0v) is 9.82. The first kappa shape index (κ1) is 10.6. The highest BCUT2D eigenvalue weighted by atomic mass is 16.5. The molecule has 1 atom stereocenters. The number of aromatic amines is 1. The molecule has 1 aliphatic heterocycles. The Hall–Kier alpha value is -1.52. The van der Waals surface area contributed by atoms with Gasteiger partial charge in [-0.25, -0.2) is 0 Å². The molecule has 17 heavy (non-hydrogen) atoms. The number of methoxy groups -OCH3 is 1. The lowest BCUT2D eigenvalue weighted by molar-refractivity contribution is 0.0758. The van der Waals surface area contributed by atoms with E-state index < -0.39 is 0 Å². The molecule has 0 radical (unpaired) electrons. The van der Waals surface area contributed by atoms with E-state index in [1.54, 1.807) is 7.11 Å². The van der Waals surface area contributed by atoms with Crippen molar-refractivity contribution in [3.8, 4) is 5.75 Å². The zero-order valence-electron chi connectivity index (χ0n) is 9.82. The molecular formula is C13H16N2O2. The van der Waals surface area contributed by atoms with Crippen LogP contribution in [0.2, 0.25) is 0 Å². The average Bonchev–Trinajstić information content (AvgIpc) is 2.82. The number of rotatable bonds is 2. The van der Waals surface area contributed by atoms with Crippen molar-refractivity contribution in [2.75, 3.05) is 26.9 Å². The number of morpholine rings is 1. The van der Waals surface area contributed by atoms with Crippen LogP contribution in [0, 0.1) is 0 Å². The molecule has 4 nitrogen and oxygen atoms in total. The SMILES string of the molecule is COc1ccc2cc(C3COCCN3)[nH]c2c1. The van der Waals surface area contributed by atoms with E-state index in [-0.39, 0.29) is 6.04 Å². The summed E-state index contributed by atoms with van der Waals surface area (Å²) in [6, 6.07) is 8.49. The number of aromatic nitrogens is 1. The summed E-state index contributed by atoms with van der Waals surface area (Å²) in [5.74, 6) is 0.874. The van der Waals surface area contributed by atoms with Crippen LogP contribution in [0.3, 0.4) is 0 Å². The molecule has 2 heterocycles. The largest absolute Gasteiger partial charge is 0.497 e. The molecular weight excluding hydrogens is 216 g/mol. The lowest BCUT2D eigenvalue weighted by atomic mass is 10.2. The highest BCUT2D eigenvalue weighted by Gasteiger charge is 2.17. The van der Waals surface area contributed by atoms with Gasteiger partial charge >= 0.3 is 0 Å². The van der Waals surface area contributed by atoms with E-state index in [2.05, 4.69) is 22.4 Å². The van der Waals surface area contributed by atoms with Crippen molar-refractivity contribution >= 4 is 10.9 Å². The van der Waals surface area contributed by atoms with Gasteiger partial charge in [0.1, 0.15) is 5.75 Å². The van der Waals surface area contributed by atoms with E-state index >= 15 is 0 Å². The number of benzene rings is 1. The Kier molecular flexibility index (Phi) is 2.74. The number of ether oxygens (including phenoxy) is 2. The summed E-state index contributed by atoms with van der Waals surface area (Å²) in [7, 11) is 1.68. The van der Waals surface area contributed by atoms with Gasteiger partial charge in [-0.3, -0.25) is 0 Å². The summed E-state index contributed by atoms with van der Waals surface area (Å²) >= 11 is 0. The van der Waals surface area contributed by atoms with Crippen molar-refractivity contribution in [2.45, 2.75) is 6.04 Å². The normalized spacial score (nSPS) is 20.6. The van der Waals surface area contributed by atoms with Crippen LogP contribution in [0.25, 0.3) is 10.9 Å². The van der Waals surface area contributed by atoms with Crippen molar-refractivity contribution in [1.82, 2.24) is 10.3 Å². The summed E-state index contributed by atoms with van der Waals surface area (Å²) in [6.07, 6.45) is 0. The molecule has 1 aromatic heterocycles. The highest BCUT2D eigenvalue weighted by molar-refractivity contribution is 5.82. The van der Waals surface area contributed by atoms with Crippen LogP contribution >= 0.6 is 0 Å². The fraction of sp³-hybridized carbons (Fsp3) is 0.385. The molecule has 4 heteroatoms. The molecule has 0 bridgehead atoms. The van der Waals surface area contributed by atoms with Crippen LogP contribution in [0.4, 0.5) is 0 Å². The van der Waals surface area contributed by atoms with Crippen LogP contribution in [-0.2, 0) is 4.74 Å². The average molecular weight is 232 g/mol. The van der Waals surface area contributed by atoms with Crippen LogP contribution < -0.4 is 10.1 Å². The molecule has 2 N–H and O–H groups in total. The Balaban J connectivity index is 1.95. The maximum atomic E-state index is 5.47. The summed E-state index contributed by atoms with van der Waals surface area (Å²) < 4.78 is 10.7. The van der Waals surface area contributed by atoms with Crippen LogP contribution in [0.1, 0.15) is 11.7 Å². The van der Waals surface area contributed by atoms with Crippen molar-refractivity contribution in [3.63, 3.8) is 0 Å². The van der Waals surface area contributed by atoms with Crippen molar-refractivity contribution in [1.29, 1.82) is 0 Å². The quantitative estimate of drug-likeness (QED) is 0.830. The monoisotopic (exact) mass is 232 g/mol. The second-order valence-corrected chi connectivity index (χ2v) is 4.26. The van der Waals surface area contributed by atoms with Crippen molar-refractivity contribution < 1.29 is 9.47 Å². The predicted octanol–water partition coefficient (Wildman–Crippen LogP) is 1.84. The zero-order chi connectivity index (χ0) is 11.7. The lowest BCUT2D eigenvalue weighted by Gasteiger charge is -2.22. The summed E-state index contributed by atoms with van der Waals surface area (Å²) in [4.78, 5) is 3.42. The third-order valence-electron chi connectivity index (χ3n) is 3.15. The third kappa shape index (κ3) is 2.01. The van der Waals surface area contributed by atoms with Gasteiger partial charge in [-0.2, -0.15) is 0 Å². The number of hydrogen-bond donors (Lipinski definition) is 2. The molecule has 90 valence electrons. The van der Waals surface area contributed by atoms with E-state index in [4.69, 9.17) is 9.47 Å². The van der Waals surface area contributed by atoms with E-state index in [0.717, 1.165) is 31.0 Å². The van der Waals surface area contributed by atoms with E-state index in [1.807, 2.05) is 12.1 Å². The van der Waals surface area contributed by atoms with Gasteiger partial charge in [0.15, 0.2) is 0 Å². The molecule has 1 saturated heterocycles. The van der Waals surface area contributed by atoms with E-state index in [9.17, 15) is 0 Å². The second-order valence-electron chi connectivity index (χ2n) is 4.26. The van der Waals surface area contributed by atoms with Gasteiger partial charge < -0.3 is 19.8 Å². The molecule has 3 rings (SSSR count). The first-order valence-corrected chi connectivity index (χ1v) is 5.84. The number of fused-ring (bicyclic) bond motifs is 1. The predicted molar refractivity (Wildman–Crippen MR) is 66.4 cm³/mol. The van der Waals surface area contributed by atoms with Crippen LogP contribution in [0.5, 0.6) is 5.75 Å². The van der Waals surface area contributed by atoms with Gasteiger partial charge in [0.25, 0.3) is 0 Å². The summed E-state index contributed by atoms with van der Waals surface area (Å²) in [5, 5.41) is 4.64. The lowest BCUT2D eigenvalue weighted by Crippen LogP contribution is -2.34. The molecule has 0 aliphatic carbocycles. The molecule has 1 fully saturated rings. The fourth-order valence-corrected chi connectivity index (χ4v) is 2.21. The van der Waals surface area contributed by atoms with Gasteiger partial charge in [-0.05, 0) is 23.6 Å². The maximum absolute atomic E-state index is 5.47. The molecule has 0 amide bonds. The Bertz CT molecular complexity index is 515. The van der Waals surface area contributed by atoms with E-state index in [1.165, 1.54) is 11.1 Å². The Morgan fingerprint density at radius 3 is 3.06 bits per heavy atom. The Morgan fingerprint density at radius 2 is 2.29 bits per heavy atom. The third-order valence-corrected chi connectivity index (χ3v) is 3.15. The maximum Gasteiger partial charge on any atom is 0.120 e. The smallest absolute Gasteiger partial charge is 0.120 e. The van der Waals surface area contributed by atoms with Crippen molar-refractivity contribution in [2.24, 2.45) is 0 Å². The van der Waals surface area contributed by atoms with Crippen LogP contribution in [0.15, 0.2) is 24.3 Å². The number of hydrogen-bond acceptors (Lipinski definition) is 3. The second kappa shape index (κ2) is 4.39. The minimum atomic E-state index is 0.266. The van der Waals surface area contributed by atoms with Crippen LogP contribution in [-0.4, -0.2) is 31.9 Å². The Labute approximate surface area is 99.9 Å². The highest BCUT2D eigenvalue weighted by Crippen LogP contribution is 2.24. The van der Waals surface area contributed by atoms with Gasteiger partial charge in [0, 0.05) is 23.8 Å². The van der Waals surface area contributed by atoms with Gasteiger partial charge in [0.2, 0.25) is 0 Å². The first-order valence-electron chi connectivity index (χ1n) is 5.84. The molecule has 0 spiro atoms. The topological polar surface area (TPSA) is 46.3 Å². The molecule has 2 aromatic rings. The minimum absolute atomic E-state index is 0.266. The van der Waals surface area contributed by atoms with Gasteiger partial charge in [-0.15, -0.1) is 0 Å². The number of nitrogens with one attached hydrogen (secondary N) is 2. The molecule has 1 aromatic carbocycles. The first-order chi connectivity index (χ1) is 8.36. The summed E-state index contributed by atoms with van der Waals surface area (Å²) in [5.41, 5.74) is 2.28.